The van der Waals surface area contributed by atoms with Gasteiger partial charge in [-0.2, -0.15) is 0 Å². The van der Waals surface area contributed by atoms with Crippen LogP contribution in [0, 0.1) is 0 Å². The molecule has 2 aromatic carbocycles. The highest BCUT2D eigenvalue weighted by Gasteiger charge is 2.31. The second kappa shape index (κ2) is 13.7. The number of benzene rings is 2. The quantitative estimate of drug-likeness (QED) is 0.459. The number of likely N-dealkylation sites (tertiary alicyclic amines) is 1. The molecule has 0 aliphatic carbocycles. The van der Waals surface area contributed by atoms with Crippen molar-refractivity contribution < 1.29 is 19.1 Å². The Hall–Kier alpha value is -2.90. The number of likely N-dealkylation sites (N-methyl/N-ethyl adjacent to an activating group) is 2. The Kier molecular flexibility index (Phi) is 10.4. The van der Waals surface area contributed by atoms with Crippen molar-refractivity contribution in [2.45, 2.75) is 38.3 Å². The number of carbonyl (C=O) groups is 2. The van der Waals surface area contributed by atoms with E-state index in [2.05, 4.69) is 5.32 Å². The predicted molar refractivity (Wildman–Crippen MR) is 133 cm³/mol. The van der Waals surface area contributed by atoms with Crippen molar-refractivity contribution in [2.75, 3.05) is 46.9 Å². The van der Waals surface area contributed by atoms with Crippen LogP contribution in [-0.2, 0) is 27.4 Å². The molecular weight excluding hydrogens is 430 g/mol. The van der Waals surface area contributed by atoms with Gasteiger partial charge in [0.25, 0.3) is 0 Å². The molecule has 1 unspecified atom stereocenters. The maximum atomic E-state index is 13.0. The molecule has 2 amide bonds. The van der Waals surface area contributed by atoms with Crippen molar-refractivity contribution in [1.29, 1.82) is 0 Å². The van der Waals surface area contributed by atoms with E-state index >= 15 is 0 Å². The van der Waals surface area contributed by atoms with E-state index in [9.17, 15) is 9.59 Å². The van der Waals surface area contributed by atoms with Crippen LogP contribution in [0.3, 0.4) is 0 Å². The first kappa shape index (κ1) is 25.7. The van der Waals surface area contributed by atoms with Crippen LogP contribution in [-0.4, -0.2) is 74.6 Å². The Morgan fingerprint density at radius 3 is 2.56 bits per heavy atom. The number of amides is 2. The summed E-state index contributed by atoms with van der Waals surface area (Å²) in [6, 6.07) is 17.7. The molecule has 0 bridgehead atoms. The Labute approximate surface area is 203 Å². The molecule has 1 fully saturated rings. The largest absolute Gasteiger partial charge is 0.489 e. The highest BCUT2D eigenvalue weighted by Crippen LogP contribution is 2.23. The molecule has 34 heavy (non-hydrogen) atoms. The van der Waals surface area contributed by atoms with Gasteiger partial charge in [0, 0.05) is 39.1 Å². The van der Waals surface area contributed by atoms with Crippen LogP contribution < -0.4 is 10.1 Å². The van der Waals surface area contributed by atoms with Gasteiger partial charge in [0.05, 0.1) is 19.6 Å². The first-order valence-electron chi connectivity index (χ1n) is 12.1. The third-order valence-corrected chi connectivity index (χ3v) is 6.13. The van der Waals surface area contributed by atoms with Gasteiger partial charge >= 0.3 is 0 Å². The molecule has 2 aromatic rings. The molecular formula is C27H37N3O4. The van der Waals surface area contributed by atoms with Crippen molar-refractivity contribution in [2.24, 2.45) is 0 Å². The van der Waals surface area contributed by atoms with Gasteiger partial charge in [0.1, 0.15) is 12.4 Å². The lowest BCUT2D eigenvalue weighted by molar-refractivity contribution is -0.135. The zero-order valence-electron chi connectivity index (χ0n) is 20.4. The van der Waals surface area contributed by atoms with Gasteiger partial charge in [-0.05, 0) is 43.1 Å². The summed E-state index contributed by atoms with van der Waals surface area (Å²) in [6.07, 6.45) is 2.51. The van der Waals surface area contributed by atoms with Gasteiger partial charge in [-0.15, -0.1) is 0 Å². The van der Waals surface area contributed by atoms with Crippen LogP contribution in [0.5, 0.6) is 5.75 Å². The summed E-state index contributed by atoms with van der Waals surface area (Å²) in [5.74, 6) is 0.913. The molecule has 1 N–H and O–H groups in total. The molecule has 1 aliphatic heterocycles. The van der Waals surface area contributed by atoms with Crippen molar-refractivity contribution in [3.63, 3.8) is 0 Å². The minimum absolute atomic E-state index is 0.0267. The van der Waals surface area contributed by atoms with Gasteiger partial charge in [0.15, 0.2) is 0 Å². The van der Waals surface area contributed by atoms with Crippen molar-refractivity contribution in [1.82, 2.24) is 15.1 Å². The smallest absolute Gasteiger partial charge is 0.227 e. The molecule has 0 radical (unpaired) electrons. The van der Waals surface area contributed by atoms with Crippen molar-refractivity contribution >= 4 is 11.8 Å². The molecule has 7 heteroatoms. The Bertz CT molecular complexity index is 889. The molecule has 0 saturated carbocycles. The number of carbonyl (C=O) groups excluding carboxylic acids is 2. The molecule has 3 rings (SSSR count). The van der Waals surface area contributed by atoms with E-state index < -0.39 is 0 Å². The van der Waals surface area contributed by atoms with Crippen LogP contribution >= 0.6 is 0 Å². The third kappa shape index (κ3) is 8.15. The topological polar surface area (TPSA) is 71.1 Å². The lowest BCUT2D eigenvalue weighted by Gasteiger charge is -2.26. The minimum Gasteiger partial charge on any atom is -0.489 e. The zero-order chi connectivity index (χ0) is 24.2. The first-order chi connectivity index (χ1) is 16.6. The van der Waals surface area contributed by atoms with Crippen LogP contribution in [0.4, 0.5) is 0 Å². The summed E-state index contributed by atoms with van der Waals surface area (Å²) in [7, 11) is 3.68. The first-order valence-corrected chi connectivity index (χ1v) is 12.1. The fourth-order valence-corrected chi connectivity index (χ4v) is 4.06. The van der Waals surface area contributed by atoms with E-state index in [1.165, 1.54) is 0 Å². The SMILES string of the molecule is CNCCOCCN(C)C(=O)CC1CCCN1C(=O)Cc1ccc(OCc2ccccc2)cc1. The van der Waals surface area contributed by atoms with Crippen LogP contribution in [0.1, 0.15) is 30.4 Å². The van der Waals surface area contributed by atoms with Crippen molar-refractivity contribution in [3.8, 4) is 5.75 Å². The Morgan fingerprint density at radius 1 is 1.06 bits per heavy atom. The van der Waals surface area contributed by atoms with E-state index in [1.54, 1.807) is 11.9 Å². The van der Waals surface area contributed by atoms with E-state index in [0.29, 0.717) is 45.8 Å². The maximum Gasteiger partial charge on any atom is 0.227 e. The Balaban J connectivity index is 1.44. The summed E-state index contributed by atoms with van der Waals surface area (Å²) in [5.41, 5.74) is 2.06. The average Bonchev–Trinajstić information content (AvgIpc) is 3.32. The predicted octanol–water partition coefficient (Wildman–Crippen LogP) is 2.88. The van der Waals surface area contributed by atoms with Crippen LogP contribution in [0.25, 0.3) is 0 Å². The van der Waals surface area contributed by atoms with E-state index in [0.717, 1.165) is 36.3 Å². The number of hydrogen-bond acceptors (Lipinski definition) is 5. The fraction of sp³-hybridized carbons (Fsp3) is 0.481. The molecule has 184 valence electrons. The Morgan fingerprint density at radius 2 is 1.82 bits per heavy atom. The summed E-state index contributed by atoms with van der Waals surface area (Å²) < 4.78 is 11.3. The lowest BCUT2D eigenvalue weighted by Crippen LogP contribution is -2.41. The summed E-state index contributed by atoms with van der Waals surface area (Å²) in [6.45, 7) is 3.72. The van der Waals surface area contributed by atoms with E-state index in [1.807, 2.05) is 66.5 Å². The maximum absolute atomic E-state index is 13.0. The second-order valence-electron chi connectivity index (χ2n) is 8.71. The molecule has 1 heterocycles. The van der Waals surface area contributed by atoms with Crippen molar-refractivity contribution in [3.05, 3.63) is 65.7 Å². The molecule has 1 saturated heterocycles. The number of ether oxygens (including phenoxy) is 2. The lowest BCUT2D eigenvalue weighted by atomic mass is 10.1. The van der Waals surface area contributed by atoms with Gasteiger partial charge in [0.2, 0.25) is 11.8 Å². The number of nitrogens with zero attached hydrogens (tertiary/aromatic N) is 2. The molecule has 7 nitrogen and oxygen atoms in total. The highest BCUT2D eigenvalue weighted by atomic mass is 16.5. The third-order valence-electron chi connectivity index (χ3n) is 6.13. The average molecular weight is 468 g/mol. The highest BCUT2D eigenvalue weighted by molar-refractivity contribution is 5.81. The number of rotatable bonds is 13. The molecule has 0 aromatic heterocycles. The van der Waals surface area contributed by atoms with Crippen LogP contribution in [0.15, 0.2) is 54.6 Å². The standard InChI is InChI=1S/C27H37N3O4/c1-28-14-17-33-18-16-29(2)26(31)20-24-9-6-15-30(24)27(32)19-22-10-12-25(13-11-22)34-21-23-7-4-3-5-8-23/h3-5,7-8,10-13,24,28H,6,9,14-21H2,1-2H3. The van der Waals surface area contributed by atoms with Gasteiger partial charge in [-0.3, -0.25) is 9.59 Å². The second-order valence-corrected chi connectivity index (χ2v) is 8.71. The van der Waals surface area contributed by atoms with Gasteiger partial charge < -0.3 is 24.6 Å². The monoisotopic (exact) mass is 467 g/mol. The van der Waals surface area contributed by atoms with E-state index in [4.69, 9.17) is 9.47 Å². The van der Waals surface area contributed by atoms with Gasteiger partial charge in [-0.25, -0.2) is 0 Å². The summed E-state index contributed by atoms with van der Waals surface area (Å²) in [4.78, 5) is 29.2. The number of hydrogen-bond donors (Lipinski definition) is 1. The number of nitrogens with one attached hydrogen (secondary N) is 1. The van der Waals surface area contributed by atoms with E-state index in [-0.39, 0.29) is 17.9 Å². The molecule has 1 atom stereocenters. The summed E-state index contributed by atoms with van der Waals surface area (Å²) >= 11 is 0. The van der Waals surface area contributed by atoms with Crippen LogP contribution in [0.2, 0.25) is 0 Å². The summed E-state index contributed by atoms with van der Waals surface area (Å²) in [5, 5.41) is 3.02. The fourth-order valence-electron chi connectivity index (χ4n) is 4.06. The zero-order valence-corrected chi connectivity index (χ0v) is 20.4. The normalized spacial score (nSPS) is 15.4. The minimum atomic E-state index is -0.0267. The molecule has 0 spiro atoms. The molecule has 1 aliphatic rings. The van der Waals surface area contributed by atoms with Gasteiger partial charge in [-0.1, -0.05) is 42.5 Å².